The average molecular weight is 963 g/mol. The maximum Gasteiger partial charge on any atom is 0.140 e. The minimum Gasteiger partial charge on any atom is -0.494 e. The van der Waals surface area contributed by atoms with Gasteiger partial charge < -0.3 is 9.47 Å². The molecule has 0 aliphatic heterocycles. The van der Waals surface area contributed by atoms with Gasteiger partial charge in [-0.2, -0.15) is 0 Å². The van der Waals surface area contributed by atoms with Crippen LogP contribution in [0, 0.1) is 59.9 Å². The van der Waals surface area contributed by atoms with Gasteiger partial charge in [-0.15, -0.1) is 6.42 Å². The monoisotopic (exact) mass is 963 g/mol. The van der Waals surface area contributed by atoms with Crippen LogP contribution < -0.4 is 9.47 Å². The summed E-state index contributed by atoms with van der Waals surface area (Å²) in [6.45, 7) is 7.67. The highest BCUT2D eigenvalue weighted by Gasteiger charge is 2.58. The van der Waals surface area contributed by atoms with Crippen LogP contribution in [0.5, 0.6) is 11.5 Å². The summed E-state index contributed by atoms with van der Waals surface area (Å²) in [6.07, 6.45) is 24.6. The second-order valence-electron chi connectivity index (χ2n) is 21.9. The molecule has 0 amide bonds. The maximum absolute atomic E-state index is 6.56. The van der Waals surface area contributed by atoms with Crippen molar-refractivity contribution in [2.45, 2.75) is 121 Å². The lowest BCUT2D eigenvalue weighted by atomic mass is 9.41. The number of ether oxygens (including phenoxy) is 2. The lowest BCUT2D eigenvalue weighted by Crippen LogP contribution is -2.55. The van der Waals surface area contributed by atoms with E-state index in [-0.39, 0.29) is 5.41 Å². The predicted octanol–water partition coefficient (Wildman–Crippen LogP) is 18.2. The van der Waals surface area contributed by atoms with Gasteiger partial charge in [0.25, 0.3) is 0 Å². The molecule has 8 aromatic carbocycles. The first-order valence-corrected chi connectivity index (χ1v) is 27.5. The molecule has 0 spiro atoms. The Morgan fingerprint density at radius 1 is 0.527 bits per heavy atom. The molecule has 4 fully saturated rings. The zero-order valence-corrected chi connectivity index (χ0v) is 43.5. The van der Waals surface area contributed by atoms with Crippen LogP contribution in [0.4, 0.5) is 0 Å². The van der Waals surface area contributed by atoms with Crippen molar-refractivity contribution in [2.24, 2.45) is 11.8 Å². The number of rotatable bonds is 16. The molecule has 2 nitrogen and oxygen atoms in total. The summed E-state index contributed by atoms with van der Waals surface area (Å²) >= 11 is 0. The second kappa shape index (κ2) is 21.5. The van der Waals surface area contributed by atoms with Crippen molar-refractivity contribution in [3.63, 3.8) is 0 Å². The highest BCUT2D eigenvalue weighted by atomic mass is 16.5. The SMILES string of the molecule is C#CC#CC#CC#COc1ccc2c(-c3ccc4ccccc4c3)c3cc(OCCCCCCCC)ccc3c(-c3ccc(-c4ccc(C56CC7CC(C5)CC(c5cccc(C(C)CC)c5)(C7)C6)cc4)cc3)c2c1. The largest absolute Gasteiger partial charge is 0.494 e. The van der Waals surface area contributed by atoms with Gasteiger partial charge in [0.15, 0.2) is 0 Å². The highest BCUT2D eigenvalue weighted by Crippen LogP contribution is 2.66. The molecule has 4 saturated carbocycles. The van der Waals surface area contributed by atoms with E-state index >= 15 is 0 Å². The van der Waals surface area contributed by atoms with Gasteiger partial charge in [0, 0.05) is 17.8 Å². The first-order valence-electron chi connectivity index (χ1n) is 27.5. The molecule has 4 bridgehead atoms. The van der Waals surface area contributed by atoms with Gasteiger partial charge in [0.1, 0.15) is 17.6 Å². The minimum absolute atomic E-state index is 0.248. The van der Waals surface area contributed by atoms with E-state index < -0.39 is 0 Å². The molecule has 0 aromatic heterocycles. The van der Waals surface area contributed by atoms with E-state index in [4.69, 9.17) is 15.9 Å². The van der Waals surface area contributed by atoms with Crippen LogP contribution in [-0.2, 0) is 10.8 Å². The van der Waals surface area contributed by atoms with Crippen molar-refractivity contribution < 1.29 is 9.47 Å². The fourth-order valence-electron chi connectivity index (χ4n) is 13.8. The fourth-order valence-corrected chi connectivity index (χ4v) is 13.8. The van der Waals surface area contributed by atoms with Crippen LogP contribution in [-0.4, -0.2) is 6.61 Å². The number of fused-ring (bicyclic) bond motifs is 3. The van der Waals surface area contributed by atoms with Gasteiger partial charge in [-0.1, -0.05) is 168 Å². The molecule has 0 N–H and O–H groups in total. The highest BCUT2D eigenvalue weighted by molar-refractivity contribution is 6.22. The smallest absolute Gasteiger partial charge is 0.140 e. The number of terminal acetylenes is 1. The van der Waals surface area contributed by atoms with Gasteiger partial charge in [0.05, 0.1) is 6.61 Å². The van der Waals surface area contributed by atoms with Crippen molar-refractivity contribution in [2.75, 3.05) is 6.61 Å². The fraction of sp³-hybridized carbons (Fsp3) is 0.306. The molecule has 0 radical (unpaired) electrons. The van der Waals surface area contributed by atoms with E-state index in [0.717, 1.165) is 67.8 Å². The quantitative estimate of drug-likeness (QED) is 0.0546. The molecule has 12 rings (SSSR count). The molecule has 3 unspecified atom stereocenters. The first kappa shape index (κ1) is 48.6. The number of benzene rings is 8. The van der Waals surface area contributed by atoms with Crippen molar-refractivity contribution >= 4 is 32.3 Å². The van der Waals surface area contributed by atoms with E-state index in [1.54, 1.807) is 11.1 Å². The summed E-state index contributed by atoms with van der Waals surface area (Å²) in [5.74, 6) is 19.2. The third-order valence-corrected chi connectivity index (χ3v) is 17.2. The number of hydrogen-bond acceptors (Lipinski definition) is 2. The van der Waals surface area contributed by atoms with Gasteiger partial charge in [-0.05, 0) is 216 Å². The van der Waals surface area contributed by atoms with Crippen LogP contribution >= 0.6 is 0 Å². The molecule has 4 aliphatic rings. The summed E-state index contributed by atoms with van der Waals surface area (Å²) < 4.78 is 12.6. The predicted molar refractivity (Wildman–Crippen MR) is 310 cm³/mol. The summed E-state index contributed by atoms with van der Waals surface area (Å²) in [5, 5.41) is 6.89. The van der Waals surface area contributed by atoms with E-state index in [9.17, 15) is 0 Å². The molecule has 3 atom stereocenters. The van der Waals surface area contributed by atoms with Crippen LogP contribution in [0.1, 0.15) is 127 Å². The van der Waals surface area contributed by atoms with Crippen molar-refractivity contribution in [1.29, 1.82) is 0 Å². The molecular formula is C72H66O2. The molecule has 0 saturated heterocycles. The lowest BCUT2D eigenvalue weighted by molar-refractivity contribution is -0.0281. The second-order valence-corrected chi connectivity index (χ2v) is 21.9. The third-order valence-electron chi connectivity index (χ3n) is 17.2. The average Bonchev–Trinajstić information content (AvgIpc) is 3.45. The Bertz CT molecular complexity index is 3590. The van der Waals surface area contributed by atoms with E-state index in [0.29, 0.717) is 23.7 Å². The van der Waals surface area contributed by atoms with Gasteiger partial charge in [-0.3, -0.25) is 0 Å². The van der Waals surface area contributed by atoms with E-state index in [1.165, 1.54) is 105 Å². The Hall–Kier alpha value is -7.62. The van der Waals surface area contributed by atoms with E-state index in [2.05, 4.69) is 208 Å². The Balaban J connectivity index is 0.963. The molecule has 0 heterocycles. The molecule has 74 heavy (non-hydrogen) atoms. The number of unbranched alkanes of at least 4 members (excludes halogenated alkanes) is 5. The maximum atomic E-state index is 6.56. The first-order chi connectivity index (χ1) is 36.4. The van der Waals surface area contributed by atoms with Crippen molar-refractivity contribution in [3.05, 3.63) is 168 Å². The zero-order valence-electron chi connectivity index (χ0n) is 43.5. The van der Waals surface area contributed by atoms with Gasteiger partial charge in [-0.25, -0.2) is 0 Å². The molecule has 2 heteroatoms. The Labute approximate surface area is 440 Å². The normalized spacial score (nSPS) is 19.6. The molecule has 8 aromatic rings. The van der Waals surface area contributed by atoms with Crippen LogP contribution in [0.3, 0.4) is 0 Å². The van der Waals surface area contributed by atoms with Crippen LogP contribution in [0.2, 0.25) is 0 Å². The van der Waals surface area contributed by atoms with E-state index in [1.807, 2.05) is 6.07 Å². The van der Waals surface area contributed by atoms with Crippen molar-refractivity contribution in [3.8, 4) is 92.9 Å². The Morgan fingerprint density at radius 2 is 1.14 bits per heavy atom. The summed E-state index contributed by atoms with van der Waals surface area (Å²) in [4.78, 5) is 0. The van der Waals surface area contributed by atoms with Crippen LogP contribution in [0.15, 0.2) is 152 Å². The molecule has 4 aliphatic carbocycles. The Kier molecular flexibility index (Phi) is 14.1. The Morgan fingerprint density at radius 3 is 1.86 bits per heavy atom. The van der Waals surface area contributed by atoms with Crippen LogP contribution in [0.25, 0.3) is 65.7 Å². The standard InChI is InChI=1S/C72H66O2/c1-5-8-10-12-14-18-39-73-63-36-38-66-67(44-63)69(65-37-35-64(74-40-19-15-13-11-9-6-2)45-68(65)70(66)60-30-27-54-21-16-17-22-59(54)42-60)57-28-25-55(26-29-57)56-31-33-61(34-32-56)71-46-52-41-53(47-71)49-72(48-52,50-71)62-24-20-23-58(43-62)51(4)7-3/h1,16-17,20-38,42-45,51-53H,6-7,9,11,13,15,19,40-41,46-50H2,2-4H3. The minimum atomic E-state index is 0.248. The zero-order chi connectivity index (χ0) is 50.5. The van der Waals surface area contributed by atoms with Crippen molar-refractivity contribution in [1.82, 2.24) is 0 Å². The summed E-state index contributed by atoms with van der Waals surface area (Å²) in [7, 11) is 0. The number of hydrogen-bond donors (Lipinski definition) is 0. The van der Waals surface area contributed by atoms with Gasteiger partial charge in [0.2, 0.25) is 0 Å². The summed E-state index contributed by atoms with van der Waals surface area (Å²) in [6, 6.07) is 57.1. The molecule has 366 valence electrons. The van der Waals surface area contributed by atoms with Gasteiger partial charge >= 0.3 is 0 Å². The summed E-state index contributed by atoms with van der Waals surface area (Å²) in [5.41, 5.74) is 12.2. The topological polar surface area (TPSA) is 18.5 Å². The molecular weight excluding hydrogens is 897 g/mol. The lowest BCUT2D eigenvalue weighted by Gasteiger charge is -2.63. The third kappa shape index (κ3) is 9.81.